The highest BCUT2D eigenvalue weighted by Crippen LogP contribution is 2.38. The number of carbonyl (C=O) groups is 1. The van der Waals surface area contributed by atoms with Gasteiger partial charge in [-0.15, -0.1) is 0 Å². The second-order valence-corrected chi connectivity index (χ2v) is 8.11. The van der Waals surface area contributed by atoms with Crippen LogP contribution in [0.1, 0.15) is 55.6 Å². The van der Waals surface area contributed by atoms with E-state index in [1.807, 2.05) is 35.2 Å². The molecule has 1 unspecified atom stereocenters. The molecule has 1 aliphatic carbocycles. The number of aromatic nitrogens is 4. The molecule has 1 saturated carbocycles. The van der Waals surface area contributed by atoms with Crippen molar-refractivity contribution in [2.24, 2.45) is 0 Å². The normalized spacial score (nSPS) is 19.0. The Balaban J connectivity index is 1.09. The van der Waals surface area contributed by atoms with E-state index in [-0.39, 0.29) is 18.6 Å². The number of carbonyl (C=O) groups excluding carboxylic acids is 1. The van der Waals surface area contributed by atoms with Crippen LogP contribution in [0.15, 0.2) is 39.4 Å². The van der Waals surface area contributed by atoms with Crippen LogP contribution in [0.2, 0.25) is 0 Å². The average Bonchev–Trinajstić information content (AvgIpc) is 3.36. The molecular weight excluding hydrogens is 398 g/mol. The van der Waals surface area contributed by atoms with Gasteiger partial charge in [0.15, 0.2) is 5.82 Å². The predicted molar refractivity (Wildman–Crippen MR) is 109 cm³/mol. The molecule has 3 heterocycles. The van der Waals surface area contributed by atoms with Gasteiger partial charge in [0.05, 0.1) is 6.10 Å². The van der Waals surface area contributed by atoms with Crippen molar-refractivity contribution in [2.45, 2.75) is 57.2 Å². The first kappa shape index (κ1) is 19.9. The lowest BCUT2D eigenvalue weighted by Crippen LogP contribution is -2.43. The summed E-state index contributed by atoms with van der Waals surface area (Å²) in [6.45, 7) is 1.60. The number of benzene rings is 1. The van der Waals surface area contributed by atoms with Gasteiger partial charge in [-0.2, -0.15) is 9.97 Å². The molecule has 5 rings (SSSR count). The third-order valence-corrected chi connectivity index (χ3v) is 5.65. The van der Waals surface area contributed by atoms with Gasteiger partial charge in [-0.05, 0) is 25.7 Å². The summed E-state index contributed by atoms with van der Waals surface area (Å²) in [6, 6.07) is 9.64. The molecule has 2 aromatic heterocycles. The van der Waals surface area contributed by atoms with Crippen LogP contribution in [0.4, 0.5) is 0 Å². The maximum absolute atomic E-state index is 12.7. The van der Waals surface area contributed by atoms with Crippen LogP contribution in [-0.4, -0.2) is 50.3 Å². The lowest BCUT2D eigenvalue weighted by molar-refractivity contribution is -0.135. The Kier molecular flexibility index (Phi) is 5.75. The quantitative estimate of drug-likeness (QED) is 0.544. The Labute approximate surface area is 179 Å². The summed E-state index contributed by atoms with van der Waals surface area (Å²) < 4.78 is 16.5. The zero-order valence-corrected chi connectivity index (χ0v) is 17.3. The predicted octanol–water partition coefficient (Wildman–Crippen LogP) is 3.14. The Bertz CT molecular complexity index is 1010. The van der Waals surface area contributed by atoms with Crippen molar-refractivity contribution in [1.29, 1.82) is 0 Å². The fraction of sp³-hybridized carbons (Fsp3) is 0.500. The van der Waals surface area contributed by atoms with Crippen molar-refractivity contribution >= 4 is 5.91 Å². The molecule has 1 aliphatic heterocycles. The summed E-state index contributed by atoms with van der Waals surface area (Å²) >= 11 is 0. The molecule has 162 valence electrons. The maximum atomic E-state index is 12.7. The van der Waals surface area contributed by atoms with Crippen molar-refractivity contribution in [3.05, 3.63) is 47.9 Å². The summed E-state index contributed by atoms with van der Waals surface area (Å²) in [5.41, 5.74) is 0.894. The molecule has 31 heavy (non-hydrogen) atoms. The van der Waals surface area contributed by atoms with E-state index in [0.29, 0.717) is 42.9 Å². The zero-order chi connectivity index (χ0) is 21.0. The molecule has 3 aromatic rings. The second kappa shape index (κ2) is 8.97. The number of hydrogen-bond donors (Lipinski definition) is 0. The number of piperidine rings is 1. The Morgan fingerprint density at radius 2 is 1.90 bits per heavy atom. The van der Waals surface area contributed by atoms with Gasteiger partial charge in [0.25, 0.3) is 5.89 Å². The number of ether oxygens (including phenoxy) is 1. The van der Waals surface area contributed by atoms with E-state index in [4.69, 9.17) is 13.8 Å². The van der Waals surface area contributed by atoms with Gasteiger partial charge < -0.3 is 18.7 Å². The molecule has 2 fully saturated rings. The highest BCUT2D eigenvalue weighted by molar-refractivity contribution is 5.76. The van der Waals surface area contributed by atoms with E-state index in [2.05, 4.69) is 20.3 Å². The van der Waals surface area contributed by atoms with E-state index in [0.717, 1.165) is 43.6 Å². The largest absolute Gasteiger partial charge is 0.367 e. The summed E-state index contributed by atoms with van der Waals surface area (Å²) in [5, 5.41) is 8.02. The van der Waals surface area contributed by atoms with Gasteiger partial charge in [0.2, 0.25) is 17.6 Å². The van der Waals surface area contributed by atoms with Gasteiger partial charge in [-0.1, -0.05) is 40.6 Å². The summed E-state index contributed by atoms with van der Waals surface area (Å²) in [6.07, 6.45) is 4.82. The Morgan fingerprint density at radius 3 is 2.74 bits per heavy atom. The topological polar surface area (TPSA) is 107 Å². The molecule has 1 saturated heterocycles. The van der Waals surface area contributed by atoms with Crippen molar-refractivity contribution in [3.8, 4) is 11.4 Å². The Morgan fingerprint density at radius 1 is 1.06 bits per heavy atom. The standard InChI is InChI=1S/C22H25N5O4/c28-20(11-10-18-23-21(25-30-18)15-5-2-1-3-6-15)27-12-4-7-17(13-27)29-14-19-24-22(26-31-19)16-8-9-16/h1-3,5-6,16-17H,4,7-14H2. The number of likely N-dealkylation sites (tertiary alicyclic amines) is 1. The first-order valence-corrected chi connectivity index (χ1v) is 10.8. The third-order valence-electron chi connectivity index (χ3n) is 5.65. The fourth-order valence-electron chi connectivity index (χ4n) is 3.76. The minimum Gasteiger partial charge on any atom is -0.367 e. The lowest BCUT2D eigenvalue weighted by atomic mass is 10.1. The number of aryl methyl sites for hydroxylation is 1. The minimum atomic E-state index is -0.0259. The summed E-state index contributed by atoms with van der Waals surface area (Å²) in [4.78, 5) is 23.3. The minimum absolute atomic E-state index is 0.0259. The van der Waals surface area contributed by atoms with Crippen LogP contribution in [-0.2, 0) is 22.6 Å². The van der Waals surface area contributed by atoms with E-state index >= 15 is 0 Å². The summed E-state index contributed by atoms with van der Waals surface area (Å²) in [5.74, 6) is 2.84. The highest BCUT2D eigenvalue weighted by atomic mass is 16.5. The molecule has 2 aliphatic rings. The SMILES string of the molecule is O=C(CCc1nc(-c2ccccc2)no1)N1CCCC(OCc2nc(C3CC3)no2)C1. The molecule has 0 spiro atoms. The second-order valence-electron chi connectivity index (χ2n) is 8.11. The maximum Gasteiger partial charge on any atom is 0.252 e. The molecular formula is C22H25N5O4. The molecule has 0 N–H and O–H groups in total. The fourth-order valence-corrected chi connectivity index (χ4v) is 3.76. The van der Waals surface area contributed by atoms with Crippen molar-refractivity contribution in [2.75, 3.05) is 13.1 Å². The van der Waals surface area contributed by atoms with Gasteiger partial charge in [0.1, 0.15) is 6.61 Å². The first-order chi connectivity index (χ1) is 15.2. The van der Waals surface area contributed by atoms with Crippen LogP contribution < -0.4 is 0 Å². The zero-order valence-electron chi connectivity index (χ0n) is 17.3. The van der Waals surface area contributed by atoms with Crippen LogP contribution in [0.3, 0.4) is 0 Å². The van der Waals surface area contributed by atoms with Crippen LogP contribution in [0.25, 0.3) is 11.4 Å². The molecule has 1 aromatic carbocycles. The Hall–Kier alpha value is -3.07. The van der Waals surface area contributed by atoms with Crippen molar-refractivity contribution in [3.63, 3.8) is 0 Å². The van der Waals surface area contributed by atoms with E-state index in [1.54, 1.807) is 0 Å². The number of nitrogens with zero attached hydrogens (tertiary/aromatic N) is 5. The molecule has 1 amide bonds. The molecule has 0 bridgehead atoms. The molecule has 9 nitrogen and oxygen atoms in total. The van der Waals surface area contributed by atoms with Crippen LogP contribution in [0.5, 0.6) is 0 Å². The van der Waals surface area contributed by atoms with E-state index in [9.17, 15) is 4.79 Å². The smallest absolute Gasteiger partial charge is 0.252 e. The average molecular weight is 423 g/mol. The van der Waals surface area contributed by atoms with Gasteiger partial charge >= 0.3 is 0 Å². The van der Waals surface area contributed by atoms with Gasteiger partial charge in [0, 0.05) is 37.4 Å². The van der Waals surface area contributed by atoms with Crippen molar-refractivity contribution < 1.29 is 18.6 Å². The van der Waals surface area contributed by atoms with E-state index < -0.39 is 0 Å². The first-order valence-electron chi connectivity index (χ1n) is 10.8. The van der Waals surface area contributed by atoms with Gasteiger partial charge in [-0.3, -0.25) is 4.79 Å². The van der Waals surface area contributed by atoms with Crippen LogP contribution in [0, 0.1) is 0 Å². The monoisotopic (exact) mass is 423 g/mol. The van der Waals surface area contributed by atoms with Gasteiger partial charge in [-0.25, -0.2) is 0 Å². The molecule has 9 heteroatoms. The number of amides is 1. The highest BCUT2D eigenvalue weighted by Gasteiger charge is 2.29. The van der Waals surface area contributed by atoms with Crippen LogP contribution >= 0.6 is 0 Å². The number of rotatable bonds is 8. The third kappa shape index (κ3) is 4.99. The van der Waals surface area contributed by atoms with E-state index in [1.165, 1.54) is 0 Å². The number of hydrogen-bond acceptors (Lipinski definition) is 8. The summed E-state index contributed by atoms with van der Waals surface area (Å²) in [7, 11) is 0. The van der Waals surface area contributed by atoms with Crippen molar-refractivity contribution in [1.82, 2.24) is 25.2 Å². The molecule has 1 atom stereocenters. The lowest BCUT2D eigenvalue weighted by Gasteiger charge is -2.32. The molecule has 0 radical (unpaired) electrons.